The third-order valence-electron chi connectivity index (χ3n) is 3.16. The zero-order valence-corrected chi connectivity index (χ0v) is 14.3. The van der Waals surface area contributed by atoms with Gasteiger partial charge >= 0.3 is 5.97 Å². The topological polar surface area (TPSA) is 78.6 Å². The number of rotatable bonds is 7. The Morgan fingerprint density at radius 3 is 2.88 bits per heavy atom. The summed E-state index contributed by atoms with van der Waals surface area (Å²) in [5, 5.41) is 6.37. The predicted molar refractivity (Wildman–Crippen MR) is 93.6 cm³/mol. The van der Waals surface area contributed by atoms with Crippen LogP contribution in [0.3, 0.4) is 0 Å². The Balaban J connectivity index is 1.79. The Labute approximate surface area is 148 Å². The highest BCUT2D eigenvalue weighted by molar-refractivity contribution is 7.12. The van der Waals surface area contributed by atoms with Crippen molar-refractivity contribution in [3.05, 3.63) is 65.7 Å². The summed E-state index contributed by atoms with van der Waals surface area (Å²) < 4.78 is 6.81. The summed E-state index contributed by atoms with van der Waals surface area (Å²) in [7, 11) is 0. The second kappa shape index (κ2) is 8.20. The summed E-state index contributed by atoms with van der Waals surface area (Å²) >= 11 is 1.37. The second-order valence-electron chi connectivity index (χ2n) is 4.90. The van der Waals surface area contributed by atoms with E-state index in [1.54, 1.807) is 35.6 Å². The van der Waals surface area contributed by atoms with Crippen LogP contribution >= 0.6 is 11.3 Å². The van der Waals surface area contributed by atoms with Crippen LogP contribution in [0, 0.1) is 0 Å². The lowest BCUT2D eigenvalue weighted by Crippen LogP contribution is -2.20. The van der Waals surface area contributed by atoms with E-state index in [1.807, 2.05) is 30.3 Å². The number of aromatic nitrogens is 3. The molecule has 0 fully saturated rings. The van der Waals surface area contributed by atoms with E-state index in [-0.39, 0.29) is 18.9 Å². The minimum absolute atomic E-state index is 0.0420. The largest absolute Gasteiger partial charge is 0.461 e. The van der Waals surface area contributed by atoms with Crippen LogP contribution in [0.1, 0.15) is 18.2 Å². The molecular formula is C17H16N4O3S. The number of hydrogen-bond acceptors (Lipinski definition) is 7. The molecule has 0 saturated heterocycles. The molecule has 128 valence electrons. The molecule has 8 heteroatoms. The van der Waals surface area contributed by atoms with Gasteiger partial charge in [-0.25, -0.2) is 14.8 Å². The van der Waals surface area contributed by atoms with Crippen molar-refractivity contribution in [1.29, 1.82) is 0 Å². The number of thiazole rings is 1. The van der Waals surface area contributed by atoms with Crippen molar-refractivity contribution >= 4 is 23.0 Å². The summed E-state index contributed by atoms with van der Waals surface area (Å²) in [6.45, 7) is 2.23. The van der Waals surface area contributed by atoms with Crippen LogP contribution in [-0.4, -0.2) is 32.8 Å². The molecule has 0 bridgehead atoms. The first-order chi connectivity index (χ1) is 12.3. The highest BCUT2D eigenvalue weighted by atomic mass is 32.1. The third-order valence-corrected chi connectivity index (χ3v) is 4.01. The monoisotopic (exact) mass is 356 g/mol. The summed E-state index contributed by atoms with van der Waals surface area (Å²) in [5.74, 6) is -0.571. The molecule has 0 amide bonds. The van der Waals surface area contributed by atoms with E-state index < -0.39 is 5.97 Å². The van der Waals surface area contributed by atoms with Gasteiger partial charge in [-0.1, -0.05) is 35.5 Å². The van der Waals surface area contributed by atoms with Gasteiger partial charge in [0.2, 0.25) is 5.71 Å². The van der Waals surface area contributed by atoms with Gasteiger partial charge in [0, 0.05) is 17.8 Å². The smallest absolute Gasteiger partial charge is 0.362 e. The van der Waals surface area contributed by atoms with Crippen LogP contribution in [0.4, 0.5) is 0 Å². The number of imidazole rings is 1. The molecule has 3 rings (SSSR count). The molecule has 0 spiro atoms. The van der Waals surface area contributed by atoms with Gasteiger partial charge in [0.15, 0.2) is 5.13 Å². The Hall–Kier alpha value is -3.00. The Morgan fingerprint density at radius 2 is 2.16 bits per heavy atom. The average molecular weight is 356 g/mol. The second-order valence-corrected chi connectivity index (χ2v) is 5.74. The molecule has 0 saturated carbocycles. The number of benzene rings is 1. The fourth-order valence-corrected chi connectivity index (χ4v) is 2.76. The average Bonchev–Trinajstić information content (AvgIpc) is 3.31. The molecule has 0 unspecified atom stereocenters. The summed E-state index contributed by atoms with van der Waals surface area (Å²) in [5.41, 5.74) is 1.40. The summed E-state index contributed by atoms with van der Waals surface area (Å²) in [4.78, 5) is 25.9. The van der Waals surface area contributed by atoms with Gasteiger partial charge < -0.3 is 9.57 Å². The van der Waals surface area contributed by atoms with E-state index in [0.29, 0.717) is 10.8 Å². The van der Waals surface area contributed by atoms with E-state index in [9.17, 15) is 4.79 Å². The first-order valence-electron chi connectivity index (χ1n) is 7.63. The normalized spacial score (nSPS) is 11.3. The summed E-state index contributed by atoms with van der Waals surface area (Å²) in [6, 6.07) is 9.57. The lowest BCUT2D eigenvalue weighted by atomic mass is 10.2. The maximum absolute atomic E-state index is 12.2. The van der Waals surface area contributed by atoms with Gasteiger partial charge in [0.05, 0.1) is 6.61 Å². The van der Waals surface area contributed by atoms with Crippen molar-refractivity contribution in [3.63, 3.8) is 0 Å². The summed E-state index contributed by atoms with van der Waals surface area (Å²) in [6.07, 6.45) is 5.07. The minimum atomic E-state index is -0.571. The molecule has 0 aliphatic heterocycles. The van der Waals surface area contributed by atoms with Crippen molar-refractivity contribution in [2.45, 2.75) is 13.5 Å². The first kappa shape index (κ1) is 16.8. The Kier molecular flexibility index (Phi) is 5.53. The molecule has 0 aliphatic carbocycles. The van der Waals surface area contributed by atoms with E-state index in [1.165, 1.54) is 11.3 Å². The highest BCUT2D eigenvalue weighted by Gasteiger charge is 2.20. The van der Waals surface area contributed by atoms with Crippen molar-refractivity contribution < 1.29 is 14.4 Å². The fraction of sp³-hybridized carbons (Fsp3) is 0.176. The molecule has 25 heavy (non-hydrogen) atoms. The molecule has 3 aromatic rings. The first-order valence-corrected chi connectivity index (χ1v) is 8.51. The zero-order valence-electron chi connectivity index (χ0n) is 13.5. The molecule has 7 nitrogen and oxygen atoms in total. The lowest BCUT2D eigenvalue weighted by Gasteiger charge is -2.04. The molecule has 2 heterocycles. The Morgan fingerprint density at radius 1 is 1.32 bits per heavy atom. The number of carbonyl (C=O) groups excluding carboxylic acids is 1. The van der Waals surface area contributed by atoms with Gasteiger partial charge in [-0.2, -0.15) is 0 Å². The van der Waals surface area contributed by atoms with E-state index in [2.05, 4.69) is 15.1 Å². The van der Waals surface area contributed by atoms with Crippen LogP contribution in [0.15, 0.2) is 59.6 Å². The van der Waals surface area contributed by atoms with Crippen LogP contribution in [0.2, 0.25) is 0 Å². The molecule has 0 aliphatic rings. The van der Waals surface area contributed by atoms with Gasteiger partial charge in [0.1, 0.15) is 18.6 Å². The standard InChI is InChI=1S/C17H16N4O3S/c1-2-23-16(22)15(20-24-10-13-6-4-3-5-7-13)14-11-25-17(19-14)21-9-8-18-12-21/h3-9,11-12H,2,10H2,1H3. The number of carbonyl (C=O) groups is 1. The zero-order chi connectivity index (χ0) is 17.5. The minimum Gasteiger partial charge on any atom is -0.461 e. The number of oxime groups is 1. The molecule has 0 atom stereocenters. The van der Waals surface area contributed by atoms with Crippen LogP contribution in [0.25, 0.3) is 5.13 Å². The fourth-order valence-electron chi connectivity index (χ4n) is 2.00. The maximum Gasteiger partial charge on any atom is 0.362 e. The quantitative estimate of drug-likeness (QED) is 0.369. The predicted octanol–water partition coefficient (Wildman–Crippen LogP) is 2.81. The number of esters is 1. The Bertz CT molecular complexity index is 844. The highest BCUT2D eigenvalue weighted by Crippen LogP contribution is 2.16. The van der Waals surface area contributed by atoms with E-state index >= 15 is 0 Å². The van der Waals surface area contributed by atoms with Crippen molar-refractivity contribution in [1.82, 2.24) is 14.5 Å². The molecular weight excluding hydrogens is 340 g/mol. The maximum atomic E-state index is 12.2. The van der Waals surface area contributed by atoms with Crippen molar-refractivity contribution in [3.8, 4) is 5.13 Å². The van der Waals surface area contributed by atoms with E-state index in [4.69, 9.17) is 9.57 Å². The molecule has 0 radical (unpaired) electrons. The van der Waals surface area contributed by atoms with Gasteiger partial charge in [-0.15, -0.1) is 11.3 Å². The molecule has 2 aromatic heterocycles. The number of nitrogens with zero attached hydrogens (tertiary/aromatic N) is 4. The molecule has 1 aromatic carbocycles. The molecule has 0 N–H and O–H groups in total. The van der Waals surface area contributed by atoms with Gasteiger partial charge in [-0.3, -0.25) is 4.57 Å². The SMILES string of the molecule is CCOC(=O)C(=NOCc1ccccc1)c1csc(-n2ccnc2)n1. The number of ether oxygens (including phenoxy) is 1. The van der Waals surface area contributed by atoms with Crippen molar-refractivity contribution in [2.24, 2.45) is 5.16 Å². The van der Waals surface area contributed by atoms with Gasteiger partial charge in [0.25, 0.3) is 0 Å². The van der Waals surface area contributed by atoms with Crippen LogP contribution in [-0.2, 0) is 21.0 Å². The van der Waals surface area contributed by atoms with Crippen LogP contribution < -0.4 is 0 Å². The third kappa shape index (κ3) is 4.30. The van der Waals surface area contributed by atoms with E-state index in [0.717, 1.165) is 5.56 Å². The van der Waals surface area contributed by atoms with Crippen LogP contribution in [0.5, 0.6) is 0 Å². The lowest BCUT2D eigenvalue weighted by molar-refractivity contribution is -0.135. The van der Waals surface area contributed by atoms with Gasteiger partial charge in [-0.05, 0) is 12.5 Å². The van der Waals surface area contributed by atoms with Crippen molar-refractivity contribution in [2.75, 3.05) is 6.61 Å². The number of hydrogen-bond donors (Lipinski definition) is 0.